The van der Waals surface area contributed by atoms with Crippen LogP contribution in [-0.2, 0) is 6.54 Å². The van der Waals surface area contributed by atoms with Crippen molar-refractivity contribution in [1.82, 2.24) is 4.58 Å². The molecule has 0 bridgehead atoms. The maximum absolute atomic E-state index is 13.3. The lowest BCUT2D eigenvalue weighted by Gasteiger charge is -2.09. The number of halogens is 2. The van der Waals surface area contributed by atoms with E-state index in [0.29, 0.717) is 29.0 Å². The van der Waals surface area contributed by atoms with Crippen LogP contribution in [0.5, 0.6) is 0 Å². The molecule has 0 aliphatic carbocycles. The second-order valence-corrected chi connectivity index (χ2v) is 6.32. The predicted molar refractivity (Wildman–Crippen MR) is 100 cm³/mol. The van der Waals surface area contributed by atoms with Gasteiger partial charge in [-0.2, -0.15) is 4.58 Å². The Morgan fingerprint density at radius 1 is 1.00 bits per heavy atom. The number of nitrogens with two attached hydrogens (primary N) is 1. The summed E-state index contributed by atoms with van der Waals surface area (Å²) >= 11 is 0. The number of nitrogens with zero attached hydrogens (tertiary/aromatic N) is 1. The number of rotatable bonds is 4. The number of benzene rings is 3. The molecule has 134 valence electrons. The second-order valence-electron chi connectivity index (χ2n) is 6.32. The van der Waals surface area contributed by atoms with Crippen LogP contribution in [-0.4, -0.2) is 5.91 Å². The molecule has 1 aliphatic heterocycles. The first kappa shape index (κ1) is 16.9. The van der Waals surface area contributed by atoms with E-state index in [9.17, 15) is 13.6 Å². The van der Waals surface area contributed by atoms with E-state index in [2.05, 4.69) is 5.32 Å². The van der Waals surface area contributed by atoms with Crippen LogP contribution in [0.3, 0.4) is 0 Å². The summed E-state index contributed by atoms with van der Waals surface area (Å²) in [5.41, 5.74) is 8.09. The molecule has 27 heavy (non-hydrogen) atoms. The molecule has 4 rings (SSSR count). The molecular formula is C21H16F2N3O+. The van der Waals surface area contributed by atoms with E-state index in [-0.39, 0.29) is 5.91 Å². The van der Waals surface area contributed by atoms with E-state index in [1.54, 1.807) is 42.5 Å². The third kappa shape index (κ3) is 3.29. The summed E-state index contributed by atoms with van der Waals surface area (Å²) in [6.07, 6.45) is 1.87. The van der Waals surface area contributed by atoms with E-state index in [4.69, 9.17) is 5.73 Å². The molecule has 0 spiro atoms. The molecule has 0 fully saturated rings. The first-order valence-electron chi connectivity index (χ1n) is 8.36. The molecule has 0 radical (unpaired) electrons. The minimum atomic E-state index is -0.861. The lowest BCUT2D eigenvalue weighted by Crippen LogP contribution is -2.47. The quantitative estimate of drug-likeness (QED) is 0.551. The Balaban J connectivity index is 1.54. The standard InChI is InChI=1S/C21H15F2N3O/c22-16-7-5-13(9-17(16)23)11-26-12-15-10-14(6-8-20(15)26)21(27)25-19-4-2-1-3-18(19)24/h1-10,12H,11,24H2/p+1. The van der Waals surface area contributed by atoms with Gasteiger partial charge in [0.15, 0.2) is 24.4 Å². The fourth-order valence-electron chi connectivity index (χ4n) is 3.00. The van der Waals surface area contributed by atoms with Gasteiger partial charge in [-0.3, -0.25) is 4.79 Å². The molecule has 6 heteroatoms. The topological polar surface area (TPSA) is 58.1 Å². The Kier molecular flexibility index (Phi) is 4.16. The van der Waals surface area contributed by atoms with Gasteiger partial charge in [0.1, 0.15) is 5.22 Å². The number of para-hydroxylation sites is 2. The Morgan fingerprint density at radius 2 is 1.81 bits per heavy atom. The Morgan fingerprint density at radius 3 is 2.56 bits per heavy atom. The number of nitrogen functional groups attached to an aromatic ring is 1. The molecule has 3 N–H and O–H groups in total. The van der Waals surface area contributed by atoms with Crippen molar-refractivity contribution in [3.8, 4) is 0 Å². The molecule has 1 aliphatic rings. The minimum Gasteiger partial charge on any atom is -0.397 e. The van der Waals surface area contributed by atoms with E-state index < -0.39 is 11.6 Å². The summed E-state index contributed by atoms with van der Waals surface area (Å²) in [6, 6.07) is 16.3. The van der Waals surface area contributed by atoms with Gasteiger partial charge in [-0.05, 0) is 42.5 Å². The highest BCUT2D eigenvalue weighted by Crippen LogP contribution is 2.17. The fourth-order valence-corrected chi connectivity index (χ4v) is 3.00. The van der Waals surface area contributed by atoms with E-state index in [1.807, 2.05) is 16.8 Å². The number of anilines is 2. The van der Waals surface area contributed by atoms with Gasteiger partial charge in [-0.25, -0.2) is 8.78 Å². The van der Waals surface area contributed by atoms with Crippen molar-refractivity contribution in [2.45, 2.75) is 6.54 Å². The lowest BCUT2D eigenvalue weighted by atomic mass is 10.1. The maximum Gasteiger partial charge on any atom is 0.255 e. The molecule has 3 aromatic rings. The van der Waals surface area contributed by atoms with Crippen molar-refractivity contribution in [3.05, 3.63) is 94.0 Å². The van der Waals surface area contributed by atoms with E-state index >= 15 is 0 Å². The van der Waals surface area contributed by atoms with Gasteiger partial charge >= 0.3 is 0 Å². The number of amides is 1. The van der Waals surface area contributed by atoms with Gasteiger partial charge in [-0.1, -0.05) is 12.1 Å². The summed E-state index contributed by atoms with van der Waals surface area (Å²) in [6.45, 7) is 0.427. The lowest BCUT2D eigenvalue weighted by molar-refractivity contribution is 0.102. The molecule has 3 aromatic carbocycles. The molecule has 4 nitrogen and oxygen atoms in total. The zero-order chi connectivity index (χ0) is 19.0. The highest BCUT2D eigenvalue weighted by Gasteiger charge is 2.18. The summed E-state index contributed by atoms with van der Waals surface area (Å²) in [7, 11) is 0. The SMILES string of the molecule is Nc1ccccc1NC(=O)c1ccc2c(c1)=C[N+]=2Cc1ccc(F)c(F)c1. The average molecular weight is 364 g/mol. The number of hydrogen-bond donors (Lipinski definition) is 2. The van der Waals surface area contributed by atoms with Gasteiger partial charge in [0.25, 0.3) is 5.91 Å². The minimum absolute atomic E-state index is 0.247. The Bertz CT molecular complexity index is 1190. The van der Waals surface area contributed by atoms with E-state index in [1.165, 1.54) is 6.07 Å². The van der Waals surface area contributed by atoms with Crippen LogP contribution in [0.4, 0.5) is 20.2 Å². The molecule has 0 unspecified atom stereocenters. The van der Waals surface area contributed by atoms with Crippen molar-refractivity contribution < 1.29 is 13.6 Å². The molecular weight excluding hydrogens is 348 g/mol. The number of carbonyl (C=O) groups is 1. The fraction of sp³-hybridized carbons (Fsp3) is 0.0476. The number of nitrogens with one attached hydrogen (secondary N) is 1. The van der Waals surface area contributed by atoms with Crippen LogP contribution in [0, 0.1) is 11.6 Å². The molecule has 1 amide bonds. The predicted octanol–water partition coefficient (Wildman–Crippen LogP) is 2.24. The number of carbonyl (C=O) groups excluding carboxylic acids is 1. The first-order valence-corrected chi connectivity index (χ1v) is 8.36. The van der Waals surface area contributed by atoms with Gasteiger partial charge in [-0.15, -0.1) is 0 Å². The monoisotopic (exact) mass is 364 g/mol. The van der Waals surface area contributed by atoms with Crippen molar-refractivity contribution >= 4 is 23.5 Å². The van der Waals surface area contributed by atoms with Gasteiger partial charge < -0.3 is 11.1 Å². The smallest absolute Gasteiger partial charge is 0.255 e. The summed E-state index contributed by atoms with van der Waals surface area (Å²) in [5, 5.41) is 4.63. The molecule has 0 saturated heterocycles. The Hall–Kier alpha value is -3.54. The van der Waals surface area contributed by atoms with Crippen LogP contribution in [0.2, 0.25) is 0 Å². The van der Waals surface area contributed by atoms with E-state index in [0.717, 1.165) is 16.6 Å². The molecule has 0 aromatic heterocycles. The van der Waals surface area contributed by atoms with Crippen molar-refractivity contribution in [1.29, 1.82) is 0 Å². The molecule has 0 atom stereocenters. The van der Waals surface area contributed by atoms with Crippen molar-refractivity contribution in [3.63, 3.8) is 0 Å². The van der Waals surface area contributed by atoms with Crippen LogP contribution in [0.1, 0.15) is 15.9 Å². The normalized spacial score (nSPS) is 12.0. The highest BCUT2D eigenvalue weighted by molar-refractivity contribution is 6.05. The van der Waals surface area contributed by atoms with Gasteiger partial charge in [0.2, 0.25) is 5.36 Å². The largest absolute Gasteiger partial charge is 0.397 e. The van der Waals surface area contributed by atoms with Crippen LogP contribution in [0.25, 0.3) is 6.20 Å². The van der Waals surface area contributed by atoms with Crippen LogP contribution < -0.4 is 26.2 Å². The second kappa shape index (κ2) is 6.64. The number of hydrogen-bond acceptors (Lipinski definition) is 2. The Labute approximate surface area is 153 Å². The summed E-state index contributed by atoms with van der Waals surface area (Å²) in [5.74, 6) is -1.97. The van der Waals surface area contributed by atoms with Crippen LogP contribution >= 0.6 is 0 Å². The van der Waals surface area contributed by atoms with Crippen molar-refractivity contribution in [2.24, 2.45) is 0 Å². The first-order chi connectivity index (χ1) is 13.0. The summed E-state index contributed by atoms with van der Waals surface area (Å²) < 4.78 is 28.3. The third-order valence-electron chi connectivity index (χ3n) is 4.44. The average Bonchev–Trinajstić information content (AvgIpc) is 2.64. The van der Waals surface area contributed by atoms with Crippen LogP contribution in [0.15, 0.2) is 60.7 Å². The number of fused-ring (bicyclic) bond motifs is 1. The zero-order valence-corrected chi connectivity index (χ0v) is 14.2. The van der Waals surface area contributed by atoms with Gasteiger partial charge in [0.05, 0.1) is 11.4 Å². The molecule has 1 heterocycles. The zero-order valence-electron chi connectivity index (χ0n) is 14.2. The molecule has 0 saturated carbocycles. The third-order valence-corrected chi connectivity index (χ3v) is 4.44. The highest BCUT2D eigenvalue weighted by atomic mass is 19.2. The van der Waals surface area contributed by atoms with Gasteiger partial charge in [0, 0.05) is 17.2 Å². The van der Waals surface area contributed by atoms with Crippen molar-refractivity contribution in [2.75, 3.05) is 11.1 Å². The maximum atomic E-state index is 13.3. The summed E-state index contributed by atoms with van der Waals surface area (Å²) in [4.78, 5) is 12.4.